The molecule has 4 heteroatoms. The Hall–Kier alpha value is -1.71. The van der Waals surface area contributed by atoms with E-state index in [-0.39, 0.29) is 11.8 Å². The van der Waals surface area contributed by atoms with Gasteiger partial charge in [-0.05, 0) is 25.0 Å². The third kappa shape index (κ3) is 3.65. The Morgan fingerprint density at radius 2 is 2.00 bits per heavy atom. The first-order valence-electron chi connectivity index (χ1n) is 7.45. The van der Waals surface area contributed by atoms with Crippen molar-refractivity contribution in [1.82, 2.24) is 0 Å². The number of nitrogens with one attached hydrogen (secondary N) is 1. The van der Waals surface area contributed by atoms with Gasteiger partial charge in [-0.1, -0.05) is 26.7 Å². The summed E-state index contributed by atoms with van der Waals surface area (Å²) < 4.78 is 11.0. The van der Waals surface area contributed by atoms with Gasteiger partial charge in [0, 0.05) is 17.7 Å². The molecule has 1 aliphatic heterocycles. The molecule has 1 atom stereocenters. The Bertz CT molecular complexity index is 459. The van der Waals surface area contributed by atoms with Crippen LogP contribution in [0.2, 0.25) is 0 Å². The van der Waals surface area contributed by atoms with E-state index in [2.05, 4.69) is 19.2 Å². The Morgan fingerprint density at radius 1 is 1.25 bits per heavy atom. The van der Waals surface area contributed by atoms with Crippen LogP contribution in [0.5, 0.6) is 11.5 Å². The average Bonchev–Trinajstić information content (AvgIpc) is 2.48. The molecule has 1 heterocycles. The molecular weight excluding hydrogens is 254 g/mol. The van der Waals surface area contributed by atoms with Crippen LogP contribution in [-0.4, -0.2) is 19.1 Å². The SMILES string of the molecule is CCCC[C@H](CC)C(=O)Nc1ccc2c(c1)OCCO2. The molecule has 1 amide bonds. The summed E-state index contributed by atoms with van der Waals surface area (Å²) in [5.74, 6) is 1.63. The van der Waals surface area contributed by atoms with Crippen LogP contribution >= 0.6 is 0 Å². The van der Waals surface area contributed by atoms with E-state index in [1.807, 2.05) is 18.2 Å². The van der Waals surface area contributed by atoms with Gasteiger partial charge in [0.05, 0.1) is 0 Å². The van der Waals surface area contributed by atoms with Crippen molar-refractivity contribution in [2.75, 3.05) is 18.5 Å². The molecule has 0 aromatic heterocycles. The zero-order valence-electron chi connectivity index (χ0n) is 12.3. The zero-order chi connectivity index (χ0) is 14.4. The number of carbonyl (C=O) groups is 1. The minimum Gasteiger partial charge on any atom is -0.486 e. The van der Waals surface area contributed by atoms with Crippen molar-refractivity contribution in [2.24, 2.45) is 5.92 Å². The van der Waals surface area contributed by atoms with E-state index in [1.54, 1.807) is 0 Å². The van der Waals surface area contributed by atoms with Gasteiger partial charge in [0.25, 0.3) is 0 Å². The van der Waals surface area contributed by atoms with Crippen LogP contribution in [0.4, 0.5) is 5.69 Å². The van der Waals surface area contributed by atoms with E-state index < -0.39 is 0 Å². The van der Waals surface area contributed by atoms with E-state index in [0.717, 1.165) is 37.1 Å². The number of hydrogen-bond acceptors (Lipinski definition) is 3. The molecule has 1 aliphatic rings. The second-order valence-electron chi connectivity index (χ2n) is 5.10. The molecule has 20 heavy (non-hydrogen) atoms. The second-order valence-corrected chi connectivity index (χ2v) is 5.10. The highest BCUT2D eigenvalue weighted by Gasteiger charge is 2.17. The maximum atomic E-state index is 12.2. The van der Waals surface area contributed by atoms with Crippen molar-refractivity contribution in [2.45, 2.75) is 39.5 Å². The van der Waals surface area contributed by atoms with Crippen LogP contribution in [0.3, 0.4) is 0 Å². The summed E-state index contributed by atoms with van der Waals surface area (Å²) in [6.45, 7) is 5.33. The van der Waals surface area contributed by atoms with Gasteiger partial charge in [-0.3, -0.25) is 4.79 Å². The summed E-state index contributed by atoms with van der Waals surface area (Å²) in [6, 6.07) is 5.54. The Labute approximate surface area is 120 Å². The van der Waals surface area contributed by atoms with Gasteiger partial charge in [-0.25, -0.2) is 0 Å². The lowest BCUT2D eigenvalue weighted by atomic mass is 9.98. The number of unbranched alkanes of at least 4 members (excludes halogenated alkanes) is 1. The fourth-order valence-electron chi connectivity index (χ4n) is 2.34. The molecule has 1 aromatic rings. The fraction of sp³-hybridized carbons (Fsp3) is 0.562. The molecule has 0 fully saturated rings. The van der Waals surface area contributed by atoms with Crippen LogP contribution in [0, 0.1) is 5.92 Å². The predicted molar refractivity (Wildman–Crippen MR) is 79.4 cm³/mol. The first-order valence-corrected chi connectivity index (χ1v) is 7.45. The summed E-state index contributed by atoms with van der Waals surface area (Å²) in [5, 5.41) is 2.98. The quantitative estimate of drug-likeness (QED) is 0.864. The second kappa shape index (κ2) is 7.17. The highest BCUT2D eigenvalue weighted by molar-refractivity contribution is 5.92. The lowest BCUT2D eigenvalue weighted by Gasteiger charge is -2.20. The first-order chi connectivity index (χ1) is 9.74. The maximum absolute atomic E-state index is 12.2. The molecule has 4 nitrogen and oxygen atoms in total. The van der Waals surface area contributed by atoms with Crippen LogP contribution in [0.1, 0.15) is 39.5 Å². The van der Waals surface area contributed by atoms with Gasteiger partial charge in [0.15, 0.2) is 11.5 Å². The molecule has 0 radical (unpaired) electrons. The van der Waals surface area contributed by atoms with Crippen LogP contribution in [0.25, 0.3) is 0 Å². The van der Waals surface area contributed by atoms with Crippen molar-refractivity contribution < 1.29 is 14.3 Å². The highest BCUT2D eigenvalue weighted by Crippen LogP contribution is 2.32. The maximum Gasteiger partial charge on any atom is 0.227 e. The van der Waals surface area contributed by atoms with Crippen LogP contribution in [-0.2, 0) is 4.79 Å². The highest BCUT2D eigenvalue weighted by atomic mass is 16.6. The molecule has 1 N–H and O–H groups in total. The summed E-state index contributed by atoms with van der Waals surface area (Å²) in [7, 11) is 0. The summed E-state index contributed by atoms with van der Waals surface area (Å²) in [5.41, 5.74) is 0.772. The minimum atomic E-state index is 0.0863. The minimum absolute atomic E-state index is 0.0863. The third-order valence-corrected chi connectivity index (χ3v) is 3.58. The lowest BCUT2D eigenvalue weighted by Crippen LogP contribution is -2.22. The topological polar surface area (TPSA) is 47.6 Å². The van der Waals surface area contributed by atoms with Crippen molar-refractivity contribution in [3.63, 3.8) is 0 Å². The Kier molecular flexibility index (Phi) is 5.27. The van der Waals surface area contributed by atoms with Gasteiger partial charge >= 0.3 is 0 Å². The van der Waals surface area contributed by atoms with E-state index in [9.17, 15) is 4.79 Å². The van der Waals surface area contributed by atoms with Crippen molar-refractivity contribution in [3.05, 3.63) is 18.2 Å². The standard InChI is InChI=1S/C16H23NO3/c1-3-5-6-12(4-2)16(18)17-13-7-8-14-15(11-13)20-10-9-19-14/h7-8,11-12H,3-6,9-10H2,1-2H3,(H,17,18)/t12-/m0/s1. The summed E-state index contributed by atoms with van der Waals surface area (Å²) in [6.07, 6.45) is 4.03. The van der Waals surface area contributed by atoms with Gasteiger partial charge in [-0.2, -0.15) is 0 Å². The largest absolute Gasteiger partial charge is 0.486 e. The number of hydrogen-bond donors (Lipinski definition) is 1. The van der Waals surface area contributed by atoms with Gasteiger partial charge in [0.2, 0.25) is 5.91 Å². The molecular formula is C16H23NO3. The molecule has 1 aromatic carbocycles. The van der Waals surface area contributed by atoms with Crippen molar-refractivity contribution >= 4 is 11.6 Å². The number of fused-ring (bicyclic) bond motifs is 1. The molecule has 0 unspecified atom stereocenters. The van der Waals surface area contributed by atoms with E-state index in [1.165, 1.54) is 0 Å². The molecule has 0 aliphatic carbocycles. The van der Waals surface area contributed by atoms with E-state index >= 15 is 0 Å². The molecule has 0 spiro atoms. The van der Waals surface area contributed by atoms with Crippen LogP contribution < -0.4 is 14.8 Å². The summed E-state index contributed by atoms with van der Waals surface area (Å²) in [4.78, 5) is 12.2. The monoisotopic (exact) mass is 277 g/mol. The number of anilines is 1. The normalized spacial score (nSPS) is 14.7. The third-order valence-electron chi connectivity index (χ3n) is 3.58. The van der Waals surface area contributed by atoms with E-state index in [0.29, 0.717) is 19.0 Å². The molecule has 2 rings (SSSR count). The number of amides is 1. The number of rotatable bonds is 6. The Balaban J connectivity index is 1.99. The molecule has 0 bridgehead atoms. The van der Waals surface area contributed by atoms with Gasteiger partial charge < -0.3 is 14.8 Å². The number of benzene rings is 1. The number of ether oxygens (including phenoxy) is 2. The molecule has 0 saturated carbocycles. The Morgan fingerprint density at radius 3 is 2.70 bits per heavy atom. The number of carbonyl (C=O) groups excluding carboxylic acids is 1. The van der Waals surface area contributed by atoms with Crippen LogP contribution in [0.15, 0.2) is 18.2 Å². The van der Waals surface area contributed by atoms with Gasteiger partial charge in [0.1, 0.15) is 13.2 Å². The smallest absolute Gasteiger partial charge is 0.227 e. The van der Waals surface area contributed by atoms with E-state index in [4.69, 9.17) is 9.47 Å². The predicted octanol–water partition coefficient (Wildman–Crippen LogP) is 3.61. The summed E-state index contributed by atoms with van der Waals surface area (Å²) >= 11 is 0. The average molecular weight is 277 g/mol. The van der Waals surface area contributed by atoms with Crippen molar-refractivity contribution in [1.29, 1.82) is 0 Å². The lowest BCUT2D eigenvalue weighted by molar-refractivity contribution is -0.120. The van der Waals surface area contributed by atoms with Gasteiger partial charge in [-0.15, -0.1) is 0 Å². The fourth-order valence-corrected chi connectivity index (χ4v) is 2.34. The molecule has 110 valence electrons. The van der Waals surface area contributed by atoms with Crippen molar-refractivity contribution in [3.8, 4) is 11.5 Å². The first kappa shape index (κ1) is 14.7. The zero-order valence-corrected chi connectivity index (χ0v) is 12.3. The molecule has 0 saturated heterocycles.